The van der Waals surface area contributed by atoms with Gasteiger partial charge in [-0.2, -0.15) is 0 Å². The molecule has 1 N–H and O–H groups in total. The second kappa shape index (κ2) is 7.64. The maximum atomic E-state index is 11.8. The maximum absolute atomic E-state index is 11.8. The van der Waals surface area contributed by atoms with Crippen LogP contribution >= 0.6 is 11.6 Å². The highest BCUT2D eigenvalue weighted by Gasteiger charge is 2.05. The molecule has 0 aliphatic heterocycles. The smallest absolute Gasteiger partial charge is 0.224 e. The number of methoxy groups -OCH3 is 1. The van der Waals surface area contributed by atoms with Gasteiger partial charge in [0.1, 0.15) is 0 Å². The summed E-state index contributed by atoms with van der Waals surface area (Å²) in [5.41, 5.74) is 1.73. The van der Waals surface area contributed by atoms with E-state index in [-0.39, 0.29) is 5.91 Å². The van der Waals surface area contributed by atoms with Gasteiger partial charge < -0.3 is 10.1 Å². The van der Waals surface area contributed by atoms with E-state index in [2.05, 4.69) is 10.3 Å². The van der Waals surface area contributed by atoms with E-state index < -0.39 is 0 Å². The molecule has 21 heavy (non-hydrogen) atoms. The lowest BCUT2D eigenvalue weighted by molar-refractivity contribution is -0.116. The Morgan fingerprint density at radius 3 is 2.76 bits per heavy atom. The predicted octanol–water partition coefficient (Wildman–Crippen LogP) is 3.71. The van der Waals surface area contributed by atoms with E-state index in [1.807, 2.05) is 24.3 Å². The van der Waals surface area contributed by atoms with E-state index in [4.69, 9.17) is 16.3 Å². The second-order valence-electron chi connectivity index (χ2n) is 4.58. The number of carbonyl (C=O) groups is 1. The first kappa shape index (κ1) is 15.3. The van der Waals surface area contributed by atoms with Crippen molar-refractivity contribution < 1.29 is 9.53 Å². The quantitative estimate of drug-likeness (QED) is 0.885. The van der Waals surface area contributed by atoms with Gasteiger partial charge in [-0.1, -0.05) is 29.8 Å². The molecule has 0 aliphatic rings. The highest BCUT2D eigenvalue weighted by Crippen LogP contribution is 2.17. The highest BCUT2D eigenvalue weighted by molar-refractivity contribution is 6.31. The third-order valence-corrected chi connectivity index (χ3v) is 3.41. The monoisotopic (exact) mass is 304 g/mol. The van der Waals surface area contributed by atoms with Crippen LogP contribution < -0.4 is 10.1 Å². The fraction of sp³-hybridized carbons (Fsp3) is 0.250. The lowest BCUT2D eigenvalue weighted by Gasteiger charge is -2.06. The van der Waals surface area contributed by atoms with Crippen molar-refractivity contribution in [3.05, 3.63) is 53.2 Å². The summed E-state index contributed by atoms with van der Waals surface area (Å²) >= 11 is 6.08. The highest BCUT2D eigenvalue weighted by atomic mass is 35.5. The molecule has 1 aromatic heterocycles. The number of carbonyl (C=O) groups excluding carboxylic acids is 1. The van der Waals surface area contributed by atoms with Gasteiger partial charge in [0.05, 0.1) is 19.0 Å². The molecule has 0 atom stereocenters. The van der Waals surface area contributed by atoms with Gasteiger partial charge in [0.2, 0.25) is 11.8 Å². The van der Waals surface area contributed by atoms with Crippen LogP contribution in [0.2, 0.25) is 5.02 Å². The molecule has 0 bridgehead atoms. The summed E-state index contributed by atoms with van der Waals surface area (Å²) in [5, 5.41) is 3.55. The zero-order valence-electron chi connectivity index (χ0n) is 11.8. The molecular formula is C16H17ClN2O2. The number of nitrogens with zero attached hydrogens (tertiary/aromatic N) is 1. The van der Waals surface area contributed by atoms with Gasteiger partial charge in [-0.15, -0.1) is 0 Å². The molecule has 2 rings (SSSR count). The van der Waals surface area contributed by atoms with Crippen molar-refractivity contribution in [3.8, 4) is 5.88 Å². The molecule has 5 heteroatoms. The van der Waals surface area contributed by atoms with Gasteiger partial charge in [0.15, 0.2) is 0 Å². The summed E-state index contributed by atoms with van der Waals surface area (Å²) in [6.07, 6.45) is 3.55. The molecule has 0 aliphatic carbocycles. The first-order valence-electron chi connectivity index (χ1n) is 6.72. The van der Waals surface area contributed by atoms with Crippen LogP contribution in [0.1, 0.15) is 18.4 Å². The number of pyridine rings is 1. The first-order valence-corrected chi connectivity index (χ1v) is 7.10. The van der Waals surface area contributed by atoms with Crippen LogP contribution in [-0.2, 0) is 11.2 Å². The number of halogens is 1. The minimum atomic E-state index is -0.0333. The van der Waals surface area contributed by atoms with E-state index in [9.17, 15) is 4.79 Å². The first-order chi connectivity index (χ1) is 10.2. The lowest BCUT2D eigenvalue weighted by atomic mass is 10.1. The summed E-state index contributed by atoms with van der Waals surface area (Å²) < 4.78 is 4.96. The maximum Gasteiger partial charge on any atom is 0.224 e. The van der Waals surface area contributed by atoms with Crippen molar-refractivity contribution in [1.82, 2.24) is 4.98 Å². The number of aromatic nitrogens is 1. The predicted molar refractivity (Wildman–Crippen MR) is 83.8 cm³/mol. The zero-order valence-corrected chi connectivity index (χ0v) is 12.6. The Bertz CT molecular complexity index is 599. The van der Waals surface area contributed by atoms with Crippen LogP contribution in [0.15, 0.2) is 42.6 Å². The largest absolute Gasteiger partial charge is 0.481 e. The van der Waals surface area contributed by atoms with Crippen LogP contribution in [0.5, 0.6) is 5.88 Å². The molecule has 1 amide bonds. The molecule has 0 radical (unpaired) electrons. The Hall–Kier alpha value is -2.07. The number of aryl methyl sites for hydroxylation is 1. The summed E-state index contributed by atoms with van der Waals surface area (Å²) in [5.74, 6) is 0.487. The fourth-order valence-corrected chi connectivity index (χ4v) is 2.17. The minimum Gasteiger partial charge on any atom is -0.481 e. The number of hydrogen-bond donors (Lipinski definition) is 1. The number of ether oxygens (including phenoxy) is 1. The standard InChI is InChI=1S/C16H17ClN2O2/c1-21-16-10-9-13(11-18-16)19-15(20)8-4-6-12-5-2-3-7-14(12)17/h2-3,5,7,9-11H,4,6,8H2,1H3,(H,19,20). The Morgan fingerprint density at radius 1 is 1.29 bits per heavy atom. The Morgan fingerprint density at radius 2 is 2.10 bits per heavy atom. The average Bonchev–Trinajstić information content (AvgIpc) is 2.50. The number of benzene rings is 1. The molecular weight excluding hydrogens is 288 g/mol. The van der Waals surface area contributed by atoms with Gasteiger partial charge in [-0.25, -0.2) is 4.98 Å². The van der Waals surface area contributed by atoms with Crippen LogP contribution in [0, 0.1) is 0 Å². The third kappa shape index (κ3) is 4.76. The Labute approximate surface area is 129 Å². The molecule has 0 spiro atoms. The fourth-order valence-electron chi connectivity index (χ4n) is 1.94. The van der Waals surface area contributed by atoms with E-state index in [0.717, 1.165) is 23.4 Å². The van der Waals surface area contributed by atoms with Gasteiger partial charge >= 0.3 is 0 Å². The Kier molecular flexibility index (Phi) is 5.58. The van der Waals surface area contributed by atoms with Crippen molar-refractivity contribution in [2.45, 2.75) is 19.3 Å². The number of anilines is 1. The molecule has 0 saturated carbocycles. The van der Waals surface area contributed by atoms with Gasteiger partial charge in [0.25, 0.3) is 0 Å². The van der Waals surface area contributed by atoms with E-state index in [1.54, 1.807) is 25.4 Å². The van der Waals surface area contributed by atoms with Crippen molar-refractivity contribution in [2.24, 2.45) is 0 Å². The van der Waals surface area contributed by atoms with Gasteiger partial charge in [0, 0.05) is 17.5 Å². The zero-order chi connectivity index (χ0) is 15.1. The summed E-state index contributed by atoms with van der Waals surface area (Å²) in [6.45, 7) is 0. The molecule has 1 aromatic carbocycles. The van der Waals surface area contributed by atoms with Crippen LogP contribution in [0.4, 0.5) is 5.69 Å². The van der Waals surface area contributed by atoms with Crippen molar-refractivity contribution in [2.75, 3.05) is 12.4 Å². The summed E-state index contributed by atoms with van der Waals surface area (Å²) in [6, 6.07) is 11.2. The van der Waals surface area contributed by atoms with Crippen LogP contribution in [-0.4, -0.2) is 18.0 Å². The van der Waals surface area contributed by atoms with E-state index >= 15 is 0 Å². The molecule has 4 nitrogen and oxygen atoms in total. The molecule has 110 valence electrons. The topological polar surface area (TPSA) is 51.2 Å². The van der Waals surface area contributed by atoms with E-state index in [0.29, 0.717) is 18.0 Å². The van der Waals surface area contributed by atoms with Crippen molar-refractivity contribution in [1.29, 1.82) is 0 Å². The van der Waals surface area contributed by atoms with Gasteiger partial charge in [-0.05, 0) is 30.5 Å². The lowest BCUT2D eigenvalue weighted by Crippen LogP contribution is -2.11. The normalized spacial score (nSPS) is 10.2. The third-order valence-electron chi connectivity index (χ3n) is 3.04. The molecule has 1 heterocycles. The minimum absolute atomic E-state index is 0.0333. The number of rotatable bonds is 6. The van der Waals surface area contributed by atoms with Crippen LogP contribution in [0.25, 0.3) is 0 Å². The number of hydrogen-bond acceptors (Lipinski definition) is 3. The van der Waals surface area contributed by atoms with Crippen molar-refractivity contribution in [3.63, 3.8) is 0 Å². The number of nitrogens with one attached hydrogen (secondary N) is 1. The van der Waals surface area contributed by atoms with Gasteiger partial charge in [-0.3, -0.25) is 4.79 Å². The SMILES string of the molecule is COc1ccc(NC(=O)CCCc2ccccc2Cl)cn1. The summed E-state index contributed by atoms with van der Waals surface area (Å²) in [7, 11) is 1.55. The Balaban J connectivity index is 1.78. The average molecular weight is 305 g/mol. The van der Waals surface area contributed by atoms with Crippen molar-refractivity contribution >= 4 is 23.2 Å². The summed E-state index contributed by atoms with van der Waals surface area (Å²) in [4.78, 5) is 15.9. The van der Waals surface area contributed by atoms with Crippen LogP contribution in [0.3, 0.4) is 0 Å². The molecule has 2 aromatic rings. The number of amides is 1. The molecule has 0 saturated heterocycles. The molecule has 0 fully saturated rings. The van der Waals surface area contributed by atoms with E-state index in [1.165, 1.54) is 0 Å². The second-order valence-corrected chi connectivity index (χ2v) is 4.99. The molecule has 0 unspecified atom stereocenters.